The first-order valence-electron chi connectivity index (χ1n) is 6.95. The first-order valence-corrected chi connectivity index (χ1v) is 6.95. The van der Waals surface area contributed by atoms with Crippen molar-refractivity contribution in [1.29, 1.82) is 0 Å². The zero-order valence-corrected chi connectivity index (χ0v) is 14.7. The Balaban J connectivity index is 0.00000220. The second-order valence-electron chi connectivity index (χ2n) is 4.34. The van der Waals surface area contributed by atoms with Crippen molar-refractivity contribution in [2.45, 2.75) is 20.4 Å². The minimum Gasteiger partial charge on any atom is -0.357 e. The Hall–Kier alpha value is -1.57. The Labute approximate surface area is 142 Å². The highest BCUT2D eigenvalue weighted by atomic mass is 127. The van der Waals surface area contributed by atoms with Gasteiger partial charge >= 0.3 is 0 Å². The van der Waals surface area contributed by atoms with Crippen LogP contribution in [0.3, 0.4) is 0 Å². The van der Waals surface area contributed by atoms with Gasteiger partial charge in [-0.1, -0.05) is 30.3 Å². The van der Waals surface area contributed by atoms with E-state index in [1.807, 2.05) is 38.2 Å². The Morgan fingerprint density at radius 2 is 1.81 bits per heavy atom. The first-order chi connectivity index (χ1) is 9.83. The van der Waals surface area contributed by atoms with E-state index in [-0.39, 0.29) is 24.0 Å². The number of H-pyrrole nitrogens is 1. The van der Waals surface area contributed by atoms with Crippen LogP contribution in [-0.2, 0) is 6.54 Å². The molecule has 1 aromatic carbocycles. The molecule has 1 heterocycles. The van der Waals surface area contributed by atoms with E-state index in [1.165, 1.54) is 0 Å². The van der Waals surface area contributed by atoms with Gasteiger partial charge in [0.25, 0.3) is 0 Å². The molecule has 0 amide bonds. The first kappa shape index (κ1) is 17.5. The van der Waals surface area contributed by atoms with E-state index in [1.54, 1.807) is 0 Å². The summed E-state index contributed by atoms with van der Waals surface area (Å²) in [4.78, 5) is 12.1. The van der Waals surface area contributed by atoms with Crippen LogP contribution in [0, 0.1) is 0 Å². The predicted octanol–water partition coefficient (Wildman–Crippen LogP) is 2.77. The van der Waals surface area contributed by atoms with Crippen LogP contribution >= 0.6 is 24.0 Å². The summed E-state index contributed by atoms with van der Waals surface area (Å²) in [6.07, 6.45) is 1.85. The second-order valence-corrected chi connectivity index (χ2v) is 4.34. The molecule has 0 aliphatic carbocycles. The lowest BCUT2D eigenvalue weighted by Crippen LogP contribution is -2.37. The fourth-order valence-electron chi connectivity index (χ4n) is 1.87. The Morgan fingerprint density at radius 1 is 1.14 bits per heavy atom. The molecule has 0 unspecified atom stereocenters. The quantitative estimate of drug-likeness (QED) is 0.412. The Bertz CT molecular complexity index is 542. The third-order valence-electron chi connectivity index (χ3n) is 2.79. The maximum Gasteiger partial charge on any atom is 0.191 e. The summed E-state index contributed by atoms with van der Waals surface area (Å²) >= 11 is 0. The number of aromatic amines is 1. The molecule has 2 aromatic rings. The molecule has 0 aliphatic rings. The standard InChI is InChI=1S/C15H21N5.HI/c1-3-16-15(17-4-2)19-11-14-18-10-13(20-14)12-8-6-5-7-9-12;/h5-10H,3-4,11H2,1-2H3,(H,18,20)(H2,16,17,19);1H. The number of rotatable bonds is 5. The average Bonchev–Trinajstić information content (AvgIpc) is 2.95. The van der Waals surface area contributed by atoms with E-state index < -0.39 is 0 Å². The van der Waals surface area contributed by atoms with Crippen LogP contribution in [0.2, 0.25) is 0 Å². The smallest absolute Gasteiger partial charge is 0.191 e. The van der Waals surface area contributed by atoms with Crippen LogP contribution in [0.4, 0.5) is 0 Å². The lowest BCUT2D eigenvalue weighted by atomic mass is 10.2. The minimum absolute atomic E-state index is 0. The highest BCUT2D eigenvalue weighted by Gasteiger charge is 2.02. The van der Waals surface area contributed by atoms with Crippen LogP contribution in [-0.4, -0.2) is 29.0 Å². The van der Waals surface area contributed by atoms with Crippen molar-refractivity contribution in [2.75, 3.05) is 13.1 Å². The van der Waals surface area contributed by atoms with Gasteiger partial charge in [-0.3, -0.25) is 0 Å². The SMILES string of the molecule is CCNC(=NCc1ncc(-c2ccccc2)[nH]1)NCC.I. The van der Waals surface area contributed by atoms with Gasteiger partial charge in [-0.15, -0.1) is 24.0 Å². The minimum atomic E-state index is 0. The van der Waals surface area contributed by atoms with Crippen LogP contribution in [0.1, 0.15) is 19.7 Å². The number of aliphatic imine (C=N–C) groups is 1. The van der Waals surface area contributed by atoms with Crippen LogP contribution < -0.4 is 10.6 Å². The molecule has 6 heteroatoms. The van der Waals surface area contributed by atoms with Gasteiger partial charge in [0.2, 0.25) is 0 Å². The fourth-order valence-corrected chi connectivity index (χ4v) is 1.87. The number of hydrogen-bond acceptors (Lipinski definition) is 2. The largest absolute Gasteiger partial charge is 0.357 e. The third-order valence-corrected chi connectivity index (χ3v) is 2.79. The molecular weight excluding hydrogens is 377 g/mol. The number of hydrogen-bond donors (Lipinski definition) is 3. The predicted molar refractivity (Wildman–Crippen MR) is 97.9 cm³/mol. The van der Waals surface area contributed by atoms with Crippen LogP contribution in [0.5, 0.6) is 0 Å². The lowest BCUT2D eigenvalue weighted by Gasteiger charge is -2.08. The number of imidazole rings is 1. The summed E-state index contributed by atoms with van der Waals surface area (Å²) < 4.78 is 0. The zero-order chi connectivity index (χ0) is 14.2. The van der Waals surface area contributed by atoms with Gasteiger partial charge < -0.3 is 15.6 Å². The monoisotopic (exact) mass is 399 g/mol. The van der Waals surface area contributed by atoms with Crippen molar-refractivity contribution in [2.24, 2.45) is 4.99 Å². The maximum atomic E-state index is 4.48. The molecule has 114 valence electrons. The molecule has 0 fully saturated rings. The summed E-state index contributed by atoms with van der Waals surface area (Å²) in [5, 5.41) is 6.38. The zero-order valence-electron chi connectivity index (χ0n) is 12.4. The van der Waals surface area contributed by atoms with Crippen molar-refractivity contribution in [3.05, 3.63) is 42.4 Å². The molecule has 0 bridgehead atoms. The topological polar surface area (TPSA) is 65.1 Å². The van der Waals surface area contributed by atoms with Gasteiger partial charge in [-0.05, 0) is 19.4 Å². The molecule has 0 saturated heterocycles. The molecule has 0 aliphatic heterocycles. The van der Waals surface area contributed by atoms with E-state index >= 15 is 0 Å². The van der Waals surface area contributed by atoms with Gasteiger partial charge in [0.1, 0.15) is 12.4 Å². The van der Waals surface area contributed by atoms with Gasteiger partial charge in [0.15, 0.2) is 5.96 Å². The maximum absolute atomic E-state index is 4.48. The van der Waals surface area contributed by atoms with E-state index in [9.17, 15) is 0 Å². The summed E-state index contributed by atoms with van der Waals surface area (Å²) in [6.45, 7) is 6.32. The molecule has 0 spiro atoms. The number of halogens is 1. The van der Waals surface area contributed by atoms with Crippen molar-refractivity contribution in [3.63, 3.8) is 0 Å². The molecular formula is C15H22IN5. The molecule has 0 radical (unpaired) electrons. The molecule has 5 nitrogen and oxygen atoms in total. The van der Waals surface area contributed by atoms with E-state index in [2.05, 4.69) is 37.7 Å². The number of aromatic nitrogens is 2. The number of guanidine groups is 1. The van der Waals surface area contributed by atoms with Crippen molar-refractivity contribution in [1.82, 2.24) is 20.6 Å². The molecule has 0 atom stereocenters. The summed E-state index contributed by atoms with van der Waals surface area (Å²) in [6, 6.07) is 10.2. The average molecular weight is 399 g/mol. The van der Waals surface area contributed by atoms with Crippen molar-refractivity contribution in [3.8, 4) is 11.3 Å². The van der Waals surface area contributed by atoms with Crippen molar-refractivity contribution >= 4 is 29.9 Å². The Kier molecular flexibility index (Phi) is 7.81. The molecule has 3 N–H and O–H groups in total. The molecule has 0 saturated carbocycles. The van der Waals surface area contributed by atoms with Crippen LogP contribution in [0.15, 0.2) is 41.5 Å². The fraction of sp³-hybridized carbons (Fsp3) is 0.333. The highest BCUT2D eigenvalue weighted by Crippen LogP contribution is 2.16. The summed E-state index contributed by atoms with van der Waals surface area (Å²) in [5.41, 5.74) is 2.15. The van der Waals surface area contributed by atoms with Crippen LogP contribution in [0.25, 0.3) is 11.3 Å². The normalized spacial score (nSPS) is 9.62. The second kappa shape index (κ2) is 9.38. The molecule has 2 rings (SSSR count). The third kappa shape index (κ3) is 5.37. The number of nitrogens with zero attached hydrogens (tertiary/aromatic N) is 2. The van der Waals surface area contributed by atoms with E-state index in [0.29, 0.717) is 6.54 Å². The summed E-state index contributed by atoms with van der Waals surface area (Å²) in [5.74, 6) is 1.67. The van der Waals surface area contributed by atoms with Gasteiger partial charge in [-0.2, -0.15) is 0 Å². The number of nitrogens with one attached hydrogen (secondary N) is 3. The van der Waals surface area contributed by atoms with E-state index in [0.717, 1.165) is 36.1 Å². The lowest BCUT2D eigenvalue weighted by molar-refractivity contribution is 0.828. The van der Waals surface area contributed by atoms with Gasteiger partial charge in [-0.25, -0.2) is 9.98 Å². The van der Waals surface area contributed by atoms with E-state index in [4.69, 9.17) is 0 Å². The van der Waals surface area contributed by atoms with Gasteiger partial charge in [0.05, 0.1) is 11.9 Å². The highest BCUT2D eigenvalue weighted by molar-refractivity contribution is 14.0. The Morgan fingerprint density at radius 3 is 2.43 bits per heavy atom. The molecule has 1 aromatic heterocycles. The number of benzene rings is 1. The summed E-state index contributed by atoms with van der Waals surface area (Å²) in [7, 11) is 0. The van der Waals surface area contributed by atoms with Crippen molar-refractivity contribution < 1.29 is 0 Å². The van der Waals surface area contributed by atoms with Gasteiger partial charge in [0, 0.05) is 13.1 Å². The molecule has 21 heavy (non-hydrogen) atoms.